The molecule has 176 valence electrons. The molecule has 0 saturated carbocycles. The molecule has 0 aromatic heterocycles. The normalized spacial score (nSPS) is 18.7. The monoisotopic (exact) mass is 479 g/mol. The summed E-state index contributed by atoms with van der Waals surface area (Å²) in [6.45, 7) is 7.20. The van der Waals surface area contributed by atoms with Crippen molar-refractivity contribution in [1.82, 2.24) is 0 Å². The van der Waals surface area contributed by atoms with Gasteiger partial charge in [0.25, 0.3) is 10.0 Å². The molecule has 32 heavy (non-hydrogen) atoms. The van der Waals surface area contributed by atoms with E-state index in [9.17, 15) is 17.7 Å². The average molecular weight is 480 g/mol. The number of aliphatic hydroxyl groups excluding tert-OH is 1. The maximum atomic E-state index is 13.7. The van der Waals surface area contributed by atoms with Crippen LogP contribution in [0.3, 0.4) is 0 Å². The van der Waals surface area contributed by atoms with Gasteiger partial charge in [0, 0.05) is 25.9 Å². The van der Waals surface area contributed by atoms with E-state index in [4.69, 9.17) is 4.78 Å². The summed E-state index contributed by atoms with van der Waals surface area (Å²) in [5.74, 6) is 0.0898. The molecule has 7 nitrogen and oxygen atoms in total. The van der Waals surface area contributed by atoms with E-state index >= 15 is 0 Å². The average Bonchev–Trinajstić information content (AvgIpc) is 3.17. The SMILES string of the molecule is CCc1ccc(N(CC(C)C)S(=O)(=O)c2ccc(N3CC[C@H](O)C3)c(S(C)(=N)=O)c2)cc1. The van der Waals surface area contributed by atoms with Gasteiger partial charge in [-0.3, -0.25) is 4.31 Å². The van der Waals surface area contributed by atoms with Gasteiger partial charge in [-0.2, -0.15) is 0 Å². The highest BCUT2D eigenvalue weighted by Crippen LogP contribution is 2.33. The highest BCUT2D eigenvalue weighted by molar-refractivity contribution is 7.93. The fourth-order valence-corrected chi connectivity index (χ4v) is 6.57. The van der Waals surface area contributed by atoms with E-state index in [1.54, 1.807) is 6.07 Å². The maximum Gasteiger partial charge on any atom is 0.264 e. The summed E-state index contributed by atoms with van der Waals surface area (Å²) in [6, 6.07) is 12.0. The largest absolute Gasteiger partial charge is 0.391 e. The molecule has 1 saturated heterocycles. The van der Waals surface area contributed by atoms with Crippen molar-refractivity contribution in [3.63, 3.8) is 0 Å². The highest BCUT2D eigenvalue weighted by Gasteiger charge is 2.30. The van der Waals surface area contributed by atoms with Crippen LogP contribution in [0.25, 0.3) is 0 Å². The first-order valence-corrected chi connectivity index (χ1v) is 14.3. The van der Waals surface area contributed by atoms with Crippen LogP contribution in [0.15, 0.2) is 52.3 Å². The molecule has 0 bridgehead atoms. The Morgan fingerprint density at radius 3 is 2.31 bits per heavy atom. The number of nitrogens with zero attached hydrogens (tertiary/aromatic N) is 2. The Morgan fingerprint density at radius 1 is 1.16 bits per heavy atom. The van der Waals surface area contributed by atoms with Crippen molar-refractivity contribution in [2.75, 3.05) is 35.1 Å². The van der Waals surface area contributed by atoms with E-state index < -0.39 is 25.9 Å². The Hall–Kier alpha value is -2.10. The Kier molecular flexibility index (Phi) is 7.21. The van der Waals surface area contributed by atoms with Crippen molar-refractivity contribution in [2.45, 2.75) is 49.5 Å². The third-order valence-corrected chi connectivity index (χ3v) is 8.56. The highest BCUT2D eigenvalue weighted by atomic mass is 32.2. The molecule has 2 aromatic carbocycles. The fraction of sp³-hybridized carbons (Fsp3) is 0.478. The number of benzene rings is 2. The molecule has 0 radical (unpaired) electrons. The molecule has 2 atom stereocenters. The van der Waals surface area contributed by atoms with Crippen LogP contribution in [0.5, 0.6) is 0 Å². The van der Waals surface area contributed by atoms with Gasteiger partial charge in [0.2, 0.25) is 0 Å². The van der Waals surface area contributed by atoms with E-state index in [2.05, 4.69) is 0 Å². The minimum atomic E-state index is -3.95. The zero-order valence-electron chi connectivity index (χ0n) is 19.1. The second-order valence-electron chi connectivity index (χ2n) is 8.81. The standard InChI is InChI=1S/C23H33N3O4S2/c1-5-18-6-8-19(9-7-18)26(15-17(2)3)32(29,30)21-10-11-22(23(14-21)31(4,24)28)25-13-12-20(27)16-25/h6-11,14,17,20,24,27H,5,12-13,15-16H2,1-4H3/t20-,31?/m0/s1. The van der Waals surface area contributed by atoms with Crippen molar-refractivity contribution in [1.29, 1.82) is 4.78 Å². The molecule has 1 heterocycles. The topological polar surface area (TPSA) is 102 Å². The molecule has 1 unspecified atom stereocenters. The van der Waals surface area contributed by atoms with Crippen LogP contribution in [0.1, 0.15) is 32.8 Å². The van der Waals surface area contributed by atoms with E-state index in [0.717, 1.165) is 12.0 Å². The van der Waals surface area contributed by atoms with Gasteiger partial charge >= 0.3 is 0 Å². The summed E-state index contributed by atoms with van der Waals surface area (Å²) in [7, 11) is -7.15. The molecule has 3 rings (SSSR count). The zero-order chi connectivity index (χ0) is 23.7. The lowest BCUT2D eigenvalue weighted by atomic mass is 10.1. The Labute approximate surface area is 192 Å². The number of nitrogens with one attached hydrogen (secondary N) is 1. The van der Waals surface area contributed by atoms with Gasteiger partial charge in [0.15, 0.2) is 0 Å². The summed E-state index contributed by atoms with van der Waals surface area (Å²) in [4.78, 5) is 2.06. The zero-order valence-corrected chi connectivity index (χ0v) is 20.7. The quantitative estimate of drug-likeness (QED) is 0.601. The molecule has 0 spiro atoms. The number of hydrogen-bond acceptors (Lipinski definition) is 6. The Morgan fingerprint density at radius 2 is 1.81 bits per heavy atom. The number of sulfonamides is 1. The summed E-state index contributed by atoms with van der Waals surface area (Å²) >= 11 is 0. The van der Waals surface area contributed by atoms with Crippen LogP contribution in [-0.4, -0.2) is 49.7 Å². The fourth-order valence-electron chi connectivity index (χ4n) is 3.89. The lowest BCUT2D eigenvalue weighted by molar-refractivity contribution is 0.198. The molecule has 1 fully saturated rings. The molecule has 2 N–H and O–H groups in total. The van der Waals surface area contributed by atoms with Crippen molar-refractivity contribution < 1.29 is 17.7 Å². The first-order valence-electron chi connectivity index (χ1n) is 10.9. The third kappa shape index (κ3) is 5.27. The lowest BCUT2D eigenvalue weighted by Crippen LogP contribution is -2.34. The van der Waals surface area contributed by atoms with Crippen molar-refractivity contribution in [3.8, 4) is 0 Å². The van der Waals surface area contributed by atoms with Crippen LogP contribution in [0, 0.1) is 10.7 Å². The summed E-state index contributed by atoms with van der Waals surface area (Å²) in [6.07, 6.45) is 2.25. The predicted molar refractivity (Wildman–Crippen MR) is 130 cm³/mol. The van der Waals surface area contributed by atoms with Crippen LogP contribution in [0.2, 0.25) is 0 Å². The third-order valence-electron chi connectivity index (χ3n) is 5.61. The second-order valence-corrected chi connectivity index (χ2v) is 12.8. The number of rotatable bonds is 8. The van der Waals surface area contributed by atoms with Crippen LogP contribution in [0.4, 0.5) is 11.4 Å². The minimum absolute atomic E-state index is 0.0121. The van der Waals surface area contributed by atoms with Gasteiger partial charge in [-0.1, -0.05) is 32.9 Å². The first kappa shape index (κ1) is 24.5. The number of aliphatic hydroxyl groups is 1. The molecule has 1 aliphatic heterocycles. The summed E-state index contributed by atoms with van der Waals surface area (Å²) in [5.41, 5.74) is 2.24. The van der Waals surface area contributed by atoms with Crippen molar-refractivity contribution in [3.05, 3.63) is 48.0 Å². The predicted octanol–water partition coefficient (Wildman–Crippen LogP) is 3.71. The molecular weight excluding hydrogens is 446 g/mol. The van der Waals surface area contributed by atoms with Crippen molar-refractivity contribution in [2.24, 2.45) is 5.92 Å². The van der Waals surface area contributed by atoms with E-state index in [1.807, 2.05) is 49.9 Å². The molecule has 0 aliphatic carbocycles. The molecule has 2 aromatic rings. The van der Waals surface area contributed by atoms with Gasteiger partial charge in [-0.05, 0) is 54.7 Å². The molecule has 1 aliphatic rings. The molecule has 9 heteroatoms. The van der Waals surface area contributed by atoms with E-state index in [1.165, 1.54) is 22.7 Å². The van der Waals surface area contributed by atoms with Gasteiger partial charge < -0.3 is 10.0 Å². The van der Waals surface area contributed by atoms with E-state index in [-0.39, 0.29) is 15.7 Å². The first-order chi connectivity index (χ1) is 14.9. The number of anilines is 2. The van der Waals surface area contributed by atoms with Crippen LogP contribution in [-0.2, 0) is 26.2 Å². The second kappa shape index (κ2) is 9.41. The summed E-state index contributed by atoms with van der Waals surface area (Å²) < 4.78 is 49.8. The van der Waals surface area contributed by atoms with Gasteiger partial charge in [-0.25, -0.2) is 17.4 Å². The summed E-state index contributed by atoms with van der Waals surface area (Å²) in [5, 5.41) is 9.90. The minimum Gasteiger partial charge on any atom is -0.391 e. The maximum absolute atomic E-state index is 13.7. The number of hydrogen-bond donors (Lipinski definition) is 2. The van der Waals surface area contributed by atoms with Gasteiger partial charge in [-0.15, -0.1) is 0 Å². The number of β-amino-alcohol motifs (C(OH)–C–C–N with tert-alkyl or cyclic N) is 1. The molecule has 0 amide bonds. The smallest absolute Gasteiger partial charge is 0.264 e. The van der Waals surface area contributed by atoms with Gasteiger partial charge in [0.1, 0.15) is 0 Å². The van der Waals surface area contributed by atoms with E-state index in [0.29, 0.717) is 37.4 Å². The van der Waals surface area contributed by atoms with Crippen LogP contribution < -0.4 is 9.21 Å². The lowest BCUT2D eigenvalue weighted by Gasteiger charge is -2.28. The molecular formula is C23H33N3O4S2. The Balaban J connectivity index is 2.09. The number of aryl methyl sites for hydroxylation is 1. The van der Waals surface area contributed by atoms with Crippen LogP contribution >= 0.6 is 0 Å². The van der Waals surface area contributed by atoms with Gasteiger partial charge in [0.05, 0.1) is 37.0 Å². The Bertz CT molecular complexity index is 1160. The van der Waals surface area contributed by atoms with Crippen molar-refractivity contribution >= 4 is 31.1 Å².